The molecule has 20 heavy (non-hydrogen) atoms. The van der Waals surface area contributed by atoms with Crippen molar-refractivity contribution in [1.29, 1.82) is 0 Å². The van der Waals surface area contributed by atoms with E-state index in [0.29, 0.717) is 22.8 Å². The number of fused-ring (bicyclic) bond motifs is 1. The van der Waals surface area contributed by atoms with Gasteiger partial charge in [0, 0.05) is 10.3 Å². The molecule has 0 spiro atoms. The van der Waals surface area contributed by atoms with Gasteiger partial charge >= 0.3 is 0 Å². The number of thioether (sulfide) groups is 1. The first-order valence-corrected chi connectivity index (χ1v) is 9.40. The lowest BCUT2D eigenvalue weighted by molar-refractivity contribution is 0.560. The van der Waals surface area contributed by atoms with Crippen molar-refractivity contribution in [2.75, 3.05) is 12.8 Å². The standard InChI is InChI=1S/C14H20N2O2S2/c1-4-14(5-2,19-3)10-15-13-11-8-6-7-9-12(11)20(17,18)16-13/h6-9H,4-5,10H2,1-3H3,(H,15,16). The zero-order valence-electron chi connectivity index (χ0n) is 12.0. The molecule has 1 N–H and O–H groups in total. The molecule has 0 fully saturated rings. The Morgan fingerprint density at radius 2 is 1.90 bits per heavy atom. The number of benzene rings is 1. The van der Waals surface area contributed by atoms with E-state index >= 15 is 0 Å². The highest BCUT2D eigenvalue weighted by Crippen LogP contribution is 2.31. The molecule has 110 valence electrons. The highest BCUT2D eigenvalue weighted by atomic mass is 32.2. The third kappa shape index (κ3) is 2.72. The molecule has 1 aromatic carbocycles. The van der Waals surface area contributed by atoms with E-state index in [1.165, 1.54) is 0 Å². The van der Waals surface area contributed by atoms with Crippen LogP contribution in [0.5, 0.6) is 0 Å². The SMILES string of the molecule is CCC(CC)(CN=C1NS(=O)(=O)c2ccccc21)SC. The van der Waals surface area contributed by atoms with E-state index < -0.39 is 10.0 Å². The molecule has 1 aliphatic heterocycles. The quantitative estimate of drug-likeness (QED) is 0.909. The predicted octanol–water partition coefficient (Wildman–Crippen LogP) is 2.65. The second-order valence-electron chi connectivity index (χ2n) is 4.86. The summed E-state index contributed by atoms with van der Waals surface area (Å²) in [5.74, 6) is 0.473. The van der Waals surface area contributed by atoms with E-state index in [4.69, 9.17) is 0 Å². The number of hydrogen-bond acceptors (Lipinski definition) is 4. The second-order valence-corrected chi connectivity index (χ2v) is 7.79. The normalized spacial score (nSPS) is 18.9. The Balaban J connectivity index is 2.34. The fourth-order valence-corrected chi connectivity index (χ4v) is 4.32. The molecule has 0 aromatic heterocycles. The Kier molecular flexibility index (Phi) is 4.44. The summed E-state index contributed by atoms with van der Waals surface area (Å²) in [7, 11) is -3.43. The minimum absolute atomic E-state index is 0.0793. The largest absolute Gasteiger partial charge is 0.266 e. The van der Waals surface area contributed by atoms with Crippen LogP contribution in [0.4, 0.5) is 0 Å². The first kappa shape index (κ1) is 15.4. The monoisotopic (exact) mass is 312 g/mol. The topological polar surface area (TPSA) is 58.5 Å². The van der Waals surface area contributed by atoms with Crippen LogP contribution in [0.1, 0.15) is 32.3 Å². The van der Waals surface area contributed by atoms with E-state index in [2.05, 4.69) is 29.8 Å². The molecule has 0 saturated heterocycles. The molecule has 1 heterocycles. The fourth-order valence-electron chi connectivity index (χ4n) is 2.30. The molecule has 2 rings (SSSR count). The molecular weight excluding hydrogens is 292 g/mol. The van der Waals surface area contributed by atoms with Crippen LogP contribution in [0.15, 0.2) is 34.2 Å². The maximum atomic E-state index is 12.0. The number of aliphatic imine (C=N–C) groups is 1. The Morgan fingerprint density at radius 1 is 1.25 bits per heavy atom. The van der Waals surface area contributed by atoms with Crippen molar-refractivity contribution in [3.8, 4) is 0 Å². The molecule has 1 aliphatic rings. The molecule has 0 radical (unpaired) electrons. The molecule has 0 amide bonds. The summed E-state index contributed by atoms with van der Waals surface area (Å²) in [5, 5.41) is 0. The maximum absolute atomic E-state index is 12.0. The van der Waals surface area contributed by atoms with Crippen LogP contribution in [0.25, 0.3) is 0 Å². The lowest BCUT2D eigenvalue weighted by Gasteiger charge is -2.27. The van der Waals surface area contributed by atoms with E-state index in [9.17, 15) is 8.42 Å². The van der Waals surface area contributed by atoms with Gasteiger partial charge in [0.1, 0.15) is 5.84 Å². The summed E-state index contributed by atoms with van der Waals surface area (Å²) in [6.45, 7) is 4.91. The summed E-state index contributed by atoms with van der Waals surface area (Å²) in [6, 6.07) is 6.97. The number of nitrogens with zero attached hydrogens (tertiary/aromatic N) is 1. The van der Waals surface area contributed by atoms with Gasteiger partial charge in [-0.3, -0.25) is 9.71 Å². The Hall–Kier alpha value is -1.01. The molecule has 0 unspecified atom stereocenters. The van der Waals surface area contributed by atoms with Gasteiger partial charge in [0.15, 0.2) is 0 Å². The van der Waals surface area contributed by atoms with Gasteiger partial charge in [-0.05, 0) is 31.2 Å². The van der Waals surface area contributed by atoms with Crippen LogP contribution in [-0.4, -0.2) is 31.8 Å². The average Bonchev–Trinajstić information content (AvgIpc) is 2.73. The third-order valence-corrected chi connectivity index (χ3v) is 6.88. The first-order valence-electron chi connectivity index (χ1n) is 6.70. The van der Waals surface area contributed by atoms with Crippen LogP contribution in [-0.2, 0) is 10.0 Å². The third-order valence-electron chi connectivity index (χ3n) is 3.91. The smallest absolute Gasteiger partial charge is 0.263 e. The summed E-state index contributed by atoms with van der Waals surface area (Å²) in [4.78, 5) is 4.87. The summed E-state index contributed by atoms with van der Waals surface area (Å²) < 4.78 is 26.6. The van der Waals surface area contributed by atoms with Crippen molar-refractivity contribution in [3.63, 3.8) is 0 Å². The van der Waals surface area contributed by atoms with E-state index in [1.54, 1.807) is 30.0 Å². The number of nitrogens with one attached hydrogen (secondary N) is 1. The van der Waals surface area contributed by atoms with Crippen molar-refractivity contribution in [3.05, 3.63) is 29.8 Å². The lowest BCUT2D eigenvalue weighted by atomic mass is 10.0. The Labute approximate surface area is 125 Å². The van der Waals surface area contributed by atoms with Gasteiger partial charge < -0.3 is 0 Å². The number of sulfonamides is 1. The van der Waals surface area contributed by atoms with Crippen molar-refractivity contribution in [2.24, 2.45) is 4.99 Å². The van der Waals surface area contributed by atoms with Gasteiger partial charge in [-0.25, -0.2) is 8.42 Å². The number of amidine groups is 1. The second kappa shape index (κ2) is 5.77. The van der Waals surface area contributed by atoms with E-state index in [1.807, 2.05) is 6.07 Å². The number of hydrogen-bond donors (Lipinski definition) is 1. The number of rotatable bonds is 5. The Morgan fingerprint density at radius 3 is 2.50 bits per heavy atom. The molecule has 0 atom stereocenters. The van der Waals surface area contributed by atoms with Crippen molar-refractivity contribution in [2.45, 2.75) is 36.3 Å². The van der Waals surface area contributed by atoms with Crippen LogP contribution in [0.3, 0.4) is 0 Å². The van der Waals surface area contributed by atoms with Gasteiger partial charge in [-0.2, -0.15) is 11.8 Å². The minimum atomic E-state index is -3.43. The van der Waals surface area contributed by atoms with E-state index in [0.717, 1.165) is 12.8 Å². The molecule has 0 aliphatic carbocycles. The summed E-state index contributed by atoms with van der Waals surface area (Å²) in [6.07, 6.45) is 4.10. The van der Waals surface area contributed by atoms with Crippen LogP contribution < -0.4 is 4.72 Å². The zero-order chi connectivity index (χ0) is 14.8. The van der Waals surface area contributed by atoms with Crippen LogP contribution in [0, 0.1) is 0 Å². The molecule has 1 aromatic rings. The summed E-state index contributed by atoms with van der Waals surface area (Å²) >= 11 is 1.80. The van der Waals surface area contributed by atoms with Crippen molar-refractivity contribution < 1.29 is 8.42 Å². The Bertz CT molecular complexity index is 612. The minimum Gasteiger partial charge on any atom is -0.266 e. The molecular formula is C14H20N2O2S2. The first-order chi connectivity index (χ1) is 9.48. The van der Waals surface area contributed by atoms with Crippen molar-refractivity contribution in [1.82, 2.24) is 4.72 Å². The van der Waals surface area contributed by atoms with Crippen LogP contribution in [0.2, 0.25) is 0 Å². The van der Waals surface area contributed by atoms with Gasteiger partial charge in [-0.15, -0.1) is 0 Å². The van der Waals surface area contributed by atoms with Gasteiger partial charge in [0.05, 0.1) is 11.4 Å². The highest BCUT2D eigenvalue weighted by molar-refractivity contribution is 8.00. The maximum Gasteiger partial charge on any atom is 0.263 e. The molecule has 4 nitrogen and oxygen atoms in total. The van der Waals surface area contributed by atoms with Gasteiger partial charge in [0.25, 0.3) is 10.0 Å². The molecule has 6 heteroatoms. The zero-order valence-corrected chi connectivity index (χ0v) is 13.6. The summed E-state index contributed by atoms with van der Waals surface area (Å²) in [5.41, 5.74) is 0.676. The molecule has 0 bridgehead atoms. The van der Waals surface area contributed by atoms with Gasteiger partial charge in [0.2, 0.25) is 0 Å². The van der Waals surface area contributed by atoms with Crippen molar-refractivity contribution >= 4 is 27.6 Å². The van der Waals surface area contributed by atoms with Gasteiger partial charge in [-0.1, -0.05) is 26.0 Å². The van der Waals surface area contributed by atoms with Crippen LogP contribution >= 0.6 is 11.8 Å². The predicted molar refractivity (Wildman–Crippen MR) is 85.0 cm³/mol. The highest BCUT2D eigenvalue weighted by Gasteiger charge is 2.31. The van der Waals surface area contributed by atoms with E-state index in [-0.39, 0.29) is 4.75 Å². The fraction of sp³-hybridized carbons (Fsp3) is 0.500. The molecule has 0 saturated carbocycles. The lowest BCUT2D eigenvalue weighted by Crippen LogP contribution is -2.29. The average molecular weight is 312 g/mol.